The van der Waals surface area contributed by atoms with E-state index in [0.29, 0.717) is 35.7 Å². The number of amides is 2. The number of carbonyl (C=O) groups is 2. The van der Waals surface area contributed by atoms with Gasteiger partial charge in [0.05, 0.1) is 11.1 Å². The summed E-state index contributed by atoms with van der Waals surface area (Å²) >= 11 is 1.61. The smallest absolute Gasteiger partial charge is 0.256 e. The summed E-state index contributed by atoms with van der Waals surface area (Å²) in [7, 11) is 2.06. The minimum absolute atomic E-state index is 0.0261. The number of nitrogens with zero attached hydrogens (tertiary/aromatic N) is 2. The van der Waals surface area contributed by atoms with Crippen LogP contribution in [-0.4, -0.2) is 59.8 Å². The number of benzene rings is 3. The maximum Gasteiger partial charge on any atom is 0.256 e. The summed E-state index contributed by atoms with van der Waals surface area (Å²) in [5, 5.41) is 2.96. The van der Waals surface area contributed by atoms with Crippen LogP contribution in [0.3, 0.4) is 0 Å². The second-order valence-corrected chi connectivity index (χ2v) is 12.0. The van der Waals surface area contributed by atoms with Gasteiger partial charge < -0.3 is 24.8 Å². The molecule has 0 bridgehead atoms. The van der Waals surface area contributed by atoms with Crippen LogP contribution in [0.1, 0.15) is 38.4 Å². The van der Waals surface area contributed by atoms with Crippen molar-refractivity contribution in [1.29, 1.82) is 0 Å². The highest BCUT2D eigenvalue weighted by atomic mass is 32.2. The molecule has 4 aromatic rings. The Morgan fingerprint density at radius 1 is 1.00 bits per heavy atom. The number of rotatable bonds is 7. The number of halogens is 1. The Morgan fingerprint density at radius 2 is 1.72 bits per heavy atom. The van der Waals surface area contributed by atoms with Crippen molar-refractivity contribution in [2.45, 2.75) is 24.5 Å². The summed E-state index contributed by atoms with van der Waals surface area (Å²) in [6, 6.07) is 19.8. The molecule has 0 aliphatic carbocycles. The molecule has 2 aliphatic rings. The summed E-state index contributed by atoms with van der Waals surface area (Å²) in [5.74, 6) is 0.801. The van der Waals surface area contributed by atoms with Crippen LogP contribution in [0.15, 0.2) is 71.6 Å². The van der Waals surface area contributed by atoms with Gasteiger partial charge in [-0.15, -0.1) is 11.8 Å². The van der Waals surface area contributed by atoms with Crippen molar-refractivity contribution in [2.24, 2.45) is 0 Å². The highest BCUT2D eigenvalue weighted by Crippen LogP contribution is 2.38. The van der Waals surface area contributed by atoms with Crippen molar-refractivity contribution >= 4 is 40.9 Å². The molecule has 2 N–H and O–H groups in total. The minimum Gasteiger partial charge on any atom is -0.454 e. The second-order valence-electron chi connectivity index (χ2n) is 10.9. The molecule has 0 radical (unpaired) electrons. The van der Waals surface area contributed by atoms with Gasteiger partial charge in [0.15, 0.2) is 11.6 Å². The van der Waals surface area contributed by atoms with Gasteiger partial charge in [0.1, 0.15) is 5.75 Å². The first-order chi connectivity index (χ1) is 20.8. The molecule has 43 heavy (non-hydrogen) atoms. The molecule has 0 saturated carbocycles. The number of thioether (sulfide) groups is 1. The molecule has 0 spiro atoms. The molecule has 1 fully saturated rings. The molecule has 9 heteroatoms. The van der Waals surface area contributed by atoms with E-state index in [-0.39, 0.29) is 17.6 Å². The topological polar surface area (TPSA) is 77.7 Å². The number of aromatic nitrogens is 1. The van der Waals surface area contributed by atoms with E-state index in [1.807, 2.05) is 67.3 Å². The molecular formula is C34H33FN4O3S. The highest BCUT2D eigenvalue weighted by Gasteiger charge is 2.28. The Kier molecular flexibility index (Phi) is 8.10. The second kappa shape index (κ2) is 12.1. The Balaban J connectivity index is 1.22. The summed E-state index contributed by atoms with van der Waals surface area (Å²) in [6.45, 7) is 6.94. The zero-order chi connectivity index (χ0) is 30.1. The van der Waals surface area contributed by atoms with Crippen LogP contribution in [0.5, 0.6) is 11.5 Å². The SMILES string of the molecule is Cc1[nH]c(/C=C2\C(=O)Nc3ccc(SCc4ccccc4Oc4ccccc4F)cc32)c(C)c1C(=O)N1CCN(C)CC1. The standard InChI is InChI=1S/C34H33FN4O3S/c1-21-29(36-22(2)32(21)34(41)39-16-14-38(3)15-17-39)19-26-25-18-24(12-13-28(25)37-33(26)40)43-20-23-8-4-6-10-30(23)42-31-11-7-5-9-27(31)35/h4-13,18-19,36H,14-17,20H2,1-3H3,(H,37,40)/b26-19-. The lowest BCUT2D eigenvalue weighted by atomic mass is 10.0. The van der Waals surface area contributed by atoms with Crippen molar-refractivity contribution in [1.82, 2.24) is 14.8 Å². The fourth-order valence-electron chi connectivity index (χ4n) is 5.48. The number of fused-ring (bicyclic) bond motifs is 1. The number of anilines is 1. The normalized spacial score (nSPS) is 16.0. The van der Waals surface area contributed by atoms with Crippen LogP contribution in [0.4, 0.5) is 10.1 Å². The van der Waals surface area contributed by atoms with Crippen LogP contribution in [0.25, 0.3) is 11.6 Å². The first kappa shape index (κ1) is 28.8. The predicted molar refractivity (Wildman–Crippen MR) is 169 cm³/mol. The van der Waals surface area contributed by atoms with Gasteiger partial charge in [-0.25, -0.2) is 4.39 Å². The average molecular weight is 597 g/mol. The molecular weight excluding hydrogens is 563 g/mol. The Labute approximate surface area is 254 Å². The summed E-state index contributed by atoms with van der Waals surface area (Å²) in [4.78, 5) is 34.9. The molecule has 0 atom stereocenters. The Morgan fingerprint density at radius 3 is 2.49 bits per heavy atom. The van der Waals surface area contributed by atoms with Gasteiger partial charge >= 0.3 is 0 Å². The van der Waals surface area contributed by atoms with Gasteiger partial charge in [0.25, 0.3) is 11.8 Å². The Hall–Kier alpha value is -4.34. The summed E-state index contributed by atoms with van der Waals surface area (Å²) < 4.78 is 20.1. The molecule has 220 valence electrons. The number of aromatic amines is 1. The predicted octanol–water partition coefficient (Wildman–Crippen LogP) is 6.74. The number of likely N-dealkylation sites (N-methyl/N-ethyl adjacent to an activating group) is 1. The molecule has 2 amide bonds. The third-order valence-electron chi connectivity index (χ3n) is 7.97. The molecule has 1 aromatic heterocycles. The first-order valence-corrected chi connectivity index (χ1v) is 15.2. The summed E-state index contributed by atoms with van der Waals surface area (Å²) in [6.07, 6.45) is 1.84. The number of hydrogen-bond donors (Lipinski definition) is 2. The van der Waals surface area contributed by atoms with E-state index in [4.69, 9.17) is 4.74 Å². The van der Waals surface area contributed by atoms with E-state index in [0.717, 1.165) is 51.8 Å². The van der Waals surface area contributed by atoms with Gasteiger partial charge in [-0.05, 0) is 68.9 Å². The number of hydrogen-bond acceptors (Lipinski definition) is 5. The van der Waals surface area contributed by atoms with Crippen molar-refractivity contribution in [2.75, 3.05) is 38.5 Å². The fourth-order valence-corrected chi connectivity index (χ4v) is 6.41. The van der Waals surface area contributed by atoms with Crippen LogP contribution < -0.4 is 10.1 Å². The number of H-pyrrole nitrogens is 1. The molecule has 0 unspecified atom stereocenters. The van der Waals surface area contributed by atoms with Crippen molar-refractivity contribution < 1.29 is 18.7 Å². The van der Waals surface area contributed by atoms with E-state index in [1.54, 1.807) is 30.0 Å². The van der Waals surface area contributed by atoms with Crippen molar-refractivity contribution in [3.05, 3.63) is 106 Å². The van der Waals surface area contributed by atoms with Crippen LogP contribution in [0.2, 0.25) is 0 Å². The average Bonchev–Trinajstić information content (AvgIpc) is 3.47. The summed E-state index contributed by atoms with van der Waals surface area (Å²) in [5.41, 5.74) is 6.10. The first-order valence-electron chi connectivity index (χ1n) is 14.3. The fraction of sp³-hybridized carbons (Fsp3) is 0.235. The maximum absolute atomic E-state index is 14.2. The lowest BCUT2D eigenvalue weighted by molar-refractivity contribution is -0.110. The van der Waals surface area contributed by atoms with Crippen molar-refractivity contribution in [3.8, 4) is 11.5 Å². The molecule has 7 nitrogen and oxygen atoms in total. The van der Waals surface area contributed by atoms with E-state index in [2.05, 4.69) is 22.2 Å². The largest absolute Gasteiger partial charge is 0.454 e. The van der Waals surface area contributed by atoms with Gasteiger partial charge in [-0.2, -0.15) is 0 Å². The lowest BCUT2D eigenvalue weighted by Gasteiger charge is -2.32. The van der Waals surface area contributed by atoms with Crippen LogP contribution in [-0.2, 0) is 10.5 Å². The number of carbonyl (C=O) groups excluding carboxylic acids is 2. The molecule has 3 heterocycles. The third-order valence-corrected chi connectivity index (χ3v) is 9.01. The Bertz CT molecular complexity index is 1740. The van der Waals surface area contributed by atoms with E-state index in [1.165, 1.54) is 6.07 Å². The van der Waals surface area contributed by atoms with Crippen LogP contribution in [0, 0.1) is 19.7 Å². The zero-order valence-corrected chi connectivity index (χ0v) is 25.2. The van der Waals surface area contributed by atoms with E-state index < -0.39 is 5.82 Å². The van der Waals surface area contributed by atoms with Gasteiger partial charge in [-0.3, -0.25) is 9.59 Å². The monoisotopic (exact) mass is 596 g/mol. The number of para-hydroxylation sites is 2. The van der Waals surface area contributed by atoms with E-state index >= 15 is 0 Å². The van der Waals surface area contributed by atoms with Gasteiger partial charge in [0, 0.05) is 65.0 Å². The number of piperazine rings is 1. The van der Waals surface area contributed by atoms with Crippen LogP contribution >= 0.6 is 11.8 Å². The number of aryl methyl sites for hydroxylation is 1. The lowest BCUT2D eigenvalue weighted by Crippen LogP contribution is -2.47. The quantitative estimate of drug-likeness (QED) is 0.183. The number of ether oxygens (including phenoxy) is 1. The third kappa shape index (κ3) is 5.96. The molecule has 2 aliphatic heterocycles. The van der Waals surface area contributed by atoms with Gasteiger partial charge in [-0.1, -0.05) is 30.3 Å². The molecule has 6 rings (SSSR count). The van der Waals surface area contributed by atoms with Crippen molar-refractivity contribution in [3.63, 3.8) is 0 Å². The molecule has 3 aromatic carbocycles. The number of nitrogens with one attached hydrogen (secondary N) is 2. The minimum atomic E-state index is -0.414. The van der Waals surface area contributed by atoms with E-state index in [9.17, 15) is 14.0 Å². The molecule has 1 saturated heterocycles. The maximum atomic E-state index is 14.2. The van der Waals surface area contributed by atoms with Gasteiger partial charge in [0.2, 0.25) is 0 Å². The zero-order valence-electron chi connectivity index (χ0n) is 24.4. The highest BCUT2D eigenvalue weighted by molar-refractivity contribution is 7.98.